The normalized spacial score (nSPS) is 11.2. The third kappa shape index (κ3) is 33.2. The number of carbonyl (C=O) groups is 6. The number of carboxylic acids is 2. The van der Waals surface area contributed by atoms with Crippen molar-refractivity contribution in [3.05, 3.63) is 294 Å². The number of aldehydes is 1. The van der Waals surface area contributed by atoms with Gasteiger partial charge in [0, 0.05) is 119 Å². The van der Waals surface area contributed by atoms with Crippen molar-refractivity contribution >= 4 is 152 Å². The van der Waals surface area contributed by atoms with E-state index in [4.69, 9.17) is 61.6 Å². The van der Waals surface area contributed by atoms with Gasteiger partial charge in [0.2, 0.25) is 0 Å². The number of amides is 1. The average molecular weight is 1990 g/mol. The van der Waals surface area contributed by atoms with Crippen LogP contribution in [0.5, 0.6) is 0 Å². The Morgan fingerprint density at radius 3 is 1.13 bits per heavy atom. The van der Waals surface area contributed by atoms with Gasteiger partial charge < -0.3 is 30.7 Å². The molecule has 0 unspecified atom stereocenters. The molecular weight excluding hydrogens is 1900 g/mol. The first kappa shape index (κ1) is 102. The minimum atomic E-state index is -0.835. The van der Waals surface area contributed by atoms with Crippen molar-refractivity contribution in [3.63, 3.8) is 0 Å². The molecule has 0 bridgehead atoms. The number of nitrogens with one attached hydrogen (secondary N) is 1. The van der Waals surface area contributed by atoms with Crippen LogP contribution in [0.3, 0.4) is 0 Å². The molecule has 0 spiro atoms. The highest BCUT2D eigenvalue weighted by Crippen LogP contribution is 2.34. The molecule has 23 nitrogen and oxygen atoms in total. The molecule has 5 aromatic carbocycles. The third-order valence-electron chi connectivity index (χ3n) is 19.5. The number of unbranched alkanes of at least 4 members (excludes halogenated alkanes) is 4. The lowest BCUT2D eigenvalue weighted by Crippen LogP contribution is -2.26. The fourth-order valence-electron chi connectivity index (χ4n) is 13.4. The summed E-state index contributed by atoms with van der Waals surface area (Å²) in [6.45, 7) is 13.1. The van der Waals surface area contributed by atoms with Crippen LogP contribution in [0.15, 0.2) is 226 Å². The van der Waals surface area contributed by atoms with E-state index < -0.39 is 23.1 Å². The van der Waals surface area contributed by atoms with Gasteiger partial charge in [-0.3, -0.25) is 28.8 Å². The summed E-state index contributed by atoms with van der Waals surface area (Å²) in [5.74, 6) is -3.18. The zero-order valence-electron chi connectivity index (χ0n) is 72.8. The minimum absolute atomic E-state index is 0.0879. The Bertz CT molecular complexity index is 6340. The highest BCUT2D eigenvalue weighted by Gasteiger charge is 2.22. The van der Waals surface area contributed by atoms with Gasteiger partial charge in [-0.05, 0) is 371 Å². The van der Waals surface area contributed by atoms with Gasteiger partial charge in [-0.2, -0.15) is 9.59 Å². The zero-order valence-corrected chi connectivity index (χ0v) is 78.3. The minimum Gasteiger partial charge on any atom is -0.481 e. The number of aromatic nitrogens is 9. The van der Waals surface area contributed by atoms with Gasteiger partial charge in [0.05, 0.1) is 39.9 Å². The number of aryl methyl sites for hydroxylation is 4. The van der Waals surface area contributed by atoms with Gasteiger partial charge in [-0.25, -0.2) is 62.4 Å². The number of halogens is 8. The number of ether oxygens (including phenoxy) is 2. The molecule has 678 valence electrons. The topological polar surface area (TPSA) is 350 Å². The number of nitrogens with two attached hydrogens (primary N) is 1. The average Bonchev–Trinajstić information content (AvgIpc) is 0.752. The largest absolute Gasteiger partial charge is 0.481 e. The number of anilines is 1. The Kier molecular flexibility index (Phi) is 38.7. The van der Waals surface area contributed by atoms with Crippen molar-refractivity contribution < 1.29 is 75.6 Å². The van der Waals surface area contributed by atoms with E-state index in [9.17, 15) is 46.3 Å². The highest BCUT2D eigenvalue weighted by molar-refractivity contribution is 9.11. The summed E-state index contributed by atoms with van der Waals surface area (Å²) < 4.78 is 66.6. The number of rotatable bonds is 28. The molecule has 0 radical (unpaired) electrons. The molecule has 14 rings (SSSR count). The summed E-state index contributed by atoms with van der Waals surface area (Å²) in [7, 11) is 0. The number of pyridine rings is 9. The van der Waals surface area contributed by atoms with E-state index in [1.54, 1.807) is 97.6 Å². The maximum Gasteiger partial charge on any atom is 0.373 e. The van der Waals surface area contributed by atoms with Crippen molar-refractivity contribution in [2.45, 2.75) is 168 Å². The number of esters is 2. The molecule has 0 aliphatic rings. The fraction of sp³-hybridized carbons (Fsp3) is 0.260. The number of carboxylic acid groups (broad SMARTS) is 2. The van der Waals surface area contributed by atoms with Crippen molar-refractivity contribution in [1.82, 2.24) is 50.2 Å². The standard InChI is InChI=1S/C28H25ClFN3O3.C23H24BrFN2O2.C23H25FN2O2.C19H16BrFN2O2.C6H5BrN2O.CO2/c1-17(18-6-10-23(29)11-7-18)32-28(36)22-15-21-14-20(4-2-3-5-25(34)35)26(33-27(21)31-16-22)19-8-12-24(30)13-9-19;1-23(2,3)29-20(28)7-5-4-6-16-12-17-13-18(24)14-26-22(17)27-21(16)15-8-10-19(25)11-9-15;1-23(2,3)28-20(27)9-5-4-7-17-15-18-8-6-14-25-22(18)26-21(17)16-10-12-19(24)13-11-16;20-15-10-14-9-13(3-1-2-4-17(24)25)18(23-19(14)22-11-15)12-5-7-16(21)8-6-12;7-5-1-4(3-10)6(8)9-2-5;2-1-3/h6-17H,2-5H2,1H3,(H,32,36)(H,34,35);8-14H,4-7H2,1-3H3;6,8,10-15H,4-5,7,9H2,1-3H3;5-11H,1-4H2,(H,24,25);1-3H,(H2,8,9);/t17-;;;;;/m1...../s1. The number of carbonyl (C=O) groups excluding carboxylic acids is 6. The van der Waals surface area contributed by atoms with E-state index in [-0.39, 0.29) is 72.0 Å². The Hall–Kier alpha value is -12.9. The molecule has 9 aromatic heterocycles. The number of hydrogen-bond acceptors (Lipinski definition) is 20. The molecule has 131 heavy (non-hydrogen) atoms. The lowest BCUT2D eigenvalue weighted by Gasteiger charge is -2.19. The van der Waals surface area contributed by atoms with Crippen molar-refractivity contribution in [2.75, 3.05) is 5.73 Å². The smallest absolute Gasteiger partial charge is 0.373 e. The van der Waals surface area contributed by atoms with Crippen LogP contribution >= 0.6 is 59.4 Å². The molecule has 1 atom stereocenters. The highest BCUT2D eigenvalue weighted by atomic mass is 79.9. The van der Waals surface area contributed by atoms with Crippen molar-refractivity contribution in [2.24, 2.45) is 0 Å². The maximum absolute atomic E-state index is 13.5. The predicted molar refractivity (Wildman–Crippen MR) is 506 cm³/mol. The molecule has 0 saturated carbocycles. The summed E-state index contributed by atoms with van der Waals surface area (Å²) in [6, 6.07) is 51.3. The maximum atomic E-state index is 13.5. The Balaban J connectivity index is 0.000000189. The lowest BCUT2D eigenvalue weighted by atomic mass is 9.99. The van der Waals surface area contributed by atoms with E-state index in [2.05, 4.69) is 95.1 Å². The number of nitrogen functional groups attached to an aromatic ring is 1. The van der Waals surface area contributed by atoms with Crippen LogP contribution in [-0.4, -0.2) is 108 Å². The number of fused-ring (bicyclic) bond motifs is 4. The van der Waals surface area contributed by atoms with Crippen LogP contribution < -0.4 is 11.1 Å². The van der Waals surface area contributed by atoms with Gasteiger partial charge in [0.25, 0.3) is 5.91 Å². The van der Waals surface area contributed by atoms with Gasteiger partial charge in [0.1, 0.15) is 40.3 Å². The second kappa shape index (κ2) is 49.8. The predicted octanol–water partition coefficient (Wildman–Crippen LogP) is 23.8. The Labute approximate surface area is 784 Å². The van der Waals surface area contributed by atoms with Crippen LogP contribution in [0.1, 0.15) is 180 Å². The SMILES string of the molecule is CC(C)(C)OC(=O)CCCCc1cc2cc(Br)cnc2nc1-c1ccc(F)cc1.CC(C)(C)OC(=O)CCCCc1cc2cccnc2nc1-c1ccc(F)cc1.C[C@@H](NC(=O)c1cnc2nc(-c3ccc(F)cc3)c(CCCCC(=O)O)cc2c1)c1ccc(Cl)cc1.Nc1ncc(Br)cc1C=O.O=C(O)CCCCc1cc2cc(Br)cnc2nc1-c1ccc(F)cc1.O=C=O. The lowest BCUT2D eigenvalue weighted by molar-refractivity contribution is -0.192. The number of nitrogens with zero attached hydrogens (tertiary/aromatic N) is 9. The Morgan fingerprint density at radius 2 is 0.779 bits per heavy atom. The van der Waals surface area contributed by atoms with Crippen LogP contribution in [0.4, 0.5) is 23.4 Å². The van der Waals surface area contributed by atoms with Crippen LogP contribution in [0.2, 0.25) is 5.02 Å². The second-order valence-corrected chi connectivity index (χ2v) is 35.3. The Morgan fingerprint density at radius 1 is 0.450 bits per heavy atom. The van der Waals surface area contributed by atoms with Gasteiger partial charge in [-0.15, -0.1) is 0 Å². The first-order valence-electron chi connectivity index (χ1n) is 41.8. The first-order valence-corrected chi connectivity index (χ1v) is 44.5. The quantitative estimate of drug-likeness (QED) is 0.0153. The summed E-state index contributed by atoms with van der Waals surface area (Å²) in [6.07, 6.45) is 18.6. The van der Waals surface area contributed by atoms with E-state index >= 15 is 0 Å². The second-order valence-electron chi connectivity index (χ2n) is 32.1. The van der Waals surface area contributed by atoms with Gasteiger partial charge in [-0.1, -0.05) is 23.7 Å². The molecule has 5 N–H and O–H groups in total. The summed E-state index contributed by atoms with van der Waals surface area (Å²) in [5.41, 5.74) is 18.9. The molecule has 0 fully saturated rings. The molecule has 0 saturated heterocycles. The van der Waals surface area contributed by atoms with Gasteiger partial charge >= 0.3 is 30.0 Å². The molecular formula is C100H95Br3ClF4N11O12. The third-order valence-corrected chi connectivity index (χ3v) is 21.1. The van der Waals surface area contributed by atoms with Gasteiger partial charge in [0.15, 0.2) is 28.9 Å². The monoisotopic (exact) mass is 1990 g/mol. The van der Waals surface area contributed by atoms with E-state index in [0.29, 0.717) is 101 Å². The van der Waals surface area contributed by atoms with E-state index in [1.807, 2.05) is 97.0 Å². The van der Waals surface area contributed by atoms with E-state index in [1.165, 1.54) is 54.7 Å². The molecule has 1 amide bonds. The molecule has 14 aromatic rings. The summed E-state index contributed by atoms with van der Waals surface area (Å²) in [5, 5.41) is 24.8. The van der Waals surface area contributed by atoms with E-state index in [0.717, 1.165) is 142 Å². The van der Waals surface area contributed by atoms with Crippen LogP contribution in [-0.2, 0) is 63.9 Å². The number of hydrogen-bond donors (Lipinski definition) is 4. The van der Waals surface area contributed by atoms with Crippen LogP contribution in [0, 0.1) is 23.3 Å². The van der Waals surface area contributed by atoms with Crippen molar-refractivity contribution in [3.8, 4) is 45.0 Å². The molecule has 9 heterocycles. The summed E-state index contributed by atoms with van der Waals surface area (Å²) >= 11 is 16.0. The first-order chi connectivity index (χ1) is 62.5. The zero-order chi connectivity index (χ0) is 94.9. The van der Waals surface area contributed by atoms with Crippen molar-refractivity contribution in [1.29, 1.82) is 0 Å². The fourth-order valence-corrected chi connectivity index (χ4v) is 14.6. The molecule has 31 heteroatoms. The summed E-state index contributed by atoms with van der Waals surface area (Å²) in [4.78, 5) is 125. The number of aliphatic carboxylic acids is 2. The molecule has 0 aliphatic carbocycles. The van der Waals surface area contributed by atoms with Crippen LogP contribution in [0.25, 0.3) is 89.2 Å². The molecule has 0 aliphatic heterocycles. The number of benzene rings is 5.